The van der Waals surface area contributed by atoms with Crippen molar-refractivity contribution in [1.29, 1.82) is 0 Å². The summed E-state index contributed by atoms with van der Waals surface area (Å²) in [4.78, 5) is 9.28. The molecule has 0 unspecified atom stereocenters. The first-order valence-corrected chi connectivity index (χ1v) is 1.17. The number of carbonyl (C=O) groups excluding carboxylic acids is 1. The Balaban J connectivity index is 3.20. The largest absolute Gasteiger partial charge is 0.298 e. The molecule has 0 heterocycles. The van der Waals surface area contributed by atoms with Gasteiger partial charge in [0, 0.05) is 0 Å². The molecule has 0 saturated carbocycles. The Labute approximate surface area is 31.3 Å². The van der Waals surface area contributed by atoms with Gasteiger partial charge < -0.3 is 0 Å². The highest BCUT2D eigenvalue weighted by Gasteiger charge is 1.67. The van der Waals surface area contributed by atoms with Crippen LogP contribution in [0.15, 0.2) is 5.57 Å². The van der Waals surface area contributed by atoms with Crippen LogP contribution < -0.4 is 0 Å². The standard InChI is InChI=1S/C4H4O/c1-4(2)3-5/h1,3H,2H2. The molecule has 0 aromatic heterocycles. The SMILES string of the molecule is [CH]=C([CH2])C=O. The molecule has 0 aliphatic heterocycles. The van der Waals surface area contributed by atoms with Gasteiger partial charge in [-0.1, -0.05) is 6.58 Å². The number of hydrogen-bond donors (Lipinski definition) is 0. The molecule has 1 nitrogen and oxygen atoms in total. The molecule has 0 amide bonds. The van der Waals surface area contributed by atoms with Gasteiger partial charge in [-0.25, -0.2) is 0 Å². The minimum atomic E-state index is 0.0741. The minimum Gasteiger partial charge on any atom is -0.298 e. The zero-order valence-corrected chi connectivity index (χ0v) is 2.77. The molecule has 0 saturated heterocycles. The quantitative estimate of drug-likeness (QED) is 0.320. The van der Waals surface area contributed by atoms with Crippen molar-refractivity contribution in [2.45, 2.75) is 0 Å². The smallest absolute Gasteiger partial charge is 0.146 e. The third-order valence-electron chi connectivity index (χ3n) is 0.151. The second kappa shape index (κ2) is 1.70. The Kier molecular flexibility index (Phi) is 1.50. The molecule has 0 aliphatic carbocycles. The van der Waals surface area contributed by atoms with E-state index in [2.05, 4.69) is 6.92 Å². The Morgan fingerprint density at radius 2 is 2.20 bits per heavy atom. The summed E-state index contributed by atoms with van der Waals surface area (Å²) in [6.07, 6.45) is 0.500. The summed E-state index contributed by atoms with van der Waals surface area (Å²) in [5, 5.41) is 0. The van der Waals surface area contributed by atoms with Crippen LogP contribution in [0.3, 0.4) is 0 Å². The predicted octanol–water partition coefficient (Wildman–Crippen LogP) is 0.379. The van der Waals surface area contributed by atoms with Crippen molar-refractivity contribution in [2.24, 2.45) is 0 Å². The van der Waals surface area contributed by atoms with Gasteiger partial charge >= 0.3 is 0 Å². The fourth-order valence-corrected chi connectivity index (χ4v) is 0. The fourth-order valence-electron chi connectivity index (χ4n) is 0. The molecule has 0 aliphatic rings. The van der Waals surface area contributed by atoms with Gasteiger partial charge in [0.15, 0.2) is 0 Å². The second-order valence-electron chi connectivity index (χ2n) is 0.693. The minimum absolute atomic E-state index is 0.0741. The normalized spacial score (nSPS) is 6.60. The van der Waals surface area contributed by atoms with Crippen LogP contribution in [0.4, 0.5) is 0 Å². The lowest BCUT2D eigenvalue weighted by molar-refractivity contribution is -0.104. The van der Waals surface area contributed by atoms with Crippen LogP contribution in [0.1, 0.15) is 0 Å². The monoisotopic (exact) mass is 68.0 g/mol. The van der Waals surface area contributed by atoms with Gasteiger partial charge in [0.25, 0.3) is 0 Å². The molecule has 1 heteroatoms. The third-order valence-corrected chi connectivity index (χ3v) is 0.151. The molecule has 0 rings (SSSR count). The molecule has 0 aromatic rings. The van der Waals surface area contributed by atoms with Crippen LogP contribution in [0, 0.1) is 13.5 Å². The first-order valence-electron chi connectivity index (χ1n) is 1.17. The number of carbonyl (C=O) groups is 1. The molecule has 2 radical (unpaired) electrons. The van der Waals surface area contributed by atoms with E-state index in [1.165, 1.54) is 0 Å². The lowest BCUT2D eigenvalue weighted by atomic mass is 10.4. The highest BCUT2D eigenvalue weighted by molar-refractivity contribution is 5.72. The maximum atomic E-state index is 9.28. The van der Waals surface area contributed by atoms with Crippen molar-refractivity contribution in [1.82, 2.24) is 0 Å². The molecule has 0 atom stereocenters. The average Bonchev–Trinajstić information content (AvgIpc) is 1.38. The highest BCUT2D eigenvalue weighted by Crippen LogP contribution is 1.68. The molecule has 0 spiro atoms. The summed E-state index contributed by atoms with van der Waals surface area (Å²) in [6, 6.07) is 0. The van der Waals surface area contributed by atoms with E-state index in [-0.39, 0.29) is 5.57 Å². The zero-order chi connectivity index (χ0) is 4.28. The van der Waals surface area contributed by atoms with E-state index in [1.807, 2.05) is 0 Å². The van der Waals surface area contributed by atoms with Crippen LogP contribution in [0.25, 0.3) is 0 Å². The summed E-state index contributed by atoms with van der Waals surface area (Å²) in [6.45, 7) is 7.81. The van der Waals surface area contributed by atoms with E-state index >= 15 is 0 Å². The van der Waals surface area contributed by atoms with Crippen molar-refractivity contribution in [2.75, 3.05) is 0 Å². The number of rotatable bonds is 1. The Bertz CT molecular complexity index is 54.7. The van der Waals surface area contributed by atoms with Crippen molar-refractivity contribution >= 4 is 6.29 Å². The number of allylic oxidation sites excluding steroid dienone is 1. The molecule has 0 aromatic carbocycles. The Morgan fingerprint density at radius 3 is 2.20 bits per heavy atom. The van der Waals surface area contributed by atoms with E-state index in [9.17, 15) is 4.79 Å². The average molecular weight is 68.1 g/mol. The van der Waals surface area contributed by atoms with Crippen molar-refractivity contribution < 1.29 is 4.79 Å². The topological polar surface area (TPSA) is 17.1 Å². The summed E-state index contributed by atoms with van der Waals surface area (Å²) < 4.78 is 0. The highest BCUT2D eigenvalue weighted by atomic mass is 16.1. The van der Waals surface area contributed by atoms with Gasteiger partial charge in [0.2, 0.25) is 0 Å². The molecule has 0 N–H and O–H groups in total. The molecular formula is C4H4O. The van der Waals surface area contributed by atoms with Gasteiger partial charge in [-0.3, -0.25) is 4.79 Å². The lowest BCUT2D eigenvalue weighted by Crippen LogP contribution is -1.66. The van der Waals surface area contributed by atoms with Crippen LogP contribution >= 0.6 is 0 Å². The summed E-state index contributed by atoms with van der Waals surface area (Å²) in [5.74, 6) is 0. The van der Waals surface area contributed by atoms with Gasteiger partial charge in [0.1, 0.15) is 6.29 Å². The van der Waals surface area contributed by atoms with E-state index in [0.717, 1.165) is 0 Å². The van der Waals surface area contributed by atoms with Crippen molar-refractivity contribution in [3.05, 3.63) is 19.1 Å². The fraction of sp³-hybridized carbons (Fsp3) is 0. The molecule has 26 valence electrons. The molecule has 0 fully saturated rings. The maximum Gasteiger partial charge on any atom is 0.146 e. The summed E-state index contributed by atoms with van der Waals surface area (Å²) in [7, 11) is 0. The van der Waals surface area contributed by atoms with E-state index in [4.69, 9.17) is 6.58 Å². The van der Waals surface area contributed by atoms with Gasteiger partial charge in [-0.15, -0.1) is 0 Å². The Hall–Kier alpha value is -0.590. The maximum absolute atomic E-state index is 9.28. The van der Waals surface area contributed by atoms with Crippen LogP contribution in [0.2, 0.25) is 0 Å². The van der Waals surface area contributed by atoms with Gasteiger partial charge in [-0.05, 0) is 12.5 Å². The van der Waals surface area contributed by atoms with E-state index < -0.39 is 0 Å². The lowest BCUT2D eigenvalue weighted by Gasteiger charge is -1.64. The van der Waals surface area contributed by atoms with E-state index in [1.54, 1.807) is 0 Å². The van der Waals surface area contributed by atoms with E-state index in [0.29, 0.717) is 6.29 Å². The second-order valence-corrected chi connectivity index (χ2v) is 0.693. The zero-order valence-electron chi connectivity index (χ0n) is 2.77. The van der Waals surface area contributed by atoms with Crippen LogP contribution in [-0.2, 0) is 4.79 Å². The number of aldehydes is 1. The number of hydrogen-bond acceptors (Lipinski definition) is 1. The first kappa shape index (κ1) is 4.41. The summed E-state index contributed by atoms with van der Waals surface area (Å²) in [5.41, 5.74) is 0.0741. The van der Waals surface area contributed by atoms with Crippen LogP contribution in [0.5, 0.6) is 0 Å². The van der Waals surface area contributed by atoms with Crippen molar-refractivity contribution in [3.63, 3.8) is 0 Å². The summed E-state index contributed by atoms with van der Waals surface area (Å²) >= 11 is 0. The molecular weight excluding hydrogens is 64.0 g/mol. The van der Waals surface area contributed by atoms with Crippen molar-refractivity contribution in [3.8, 4) is 0 Å². The Morgan fingerprint density at radius 1 is 2.00 bits per heavy atom. The molecule has 5 heavy (non-hydrogen) atoms. The first-order chi connectivity index (χ1) is 2.27. The van der Waals surface area contributed by atoms with Crippen LogP contribution in [-0.4, -0.2) is 6.29 Å². The van der Waals surface area contributed by atoms with Gasteiger partial charge in [-0.2, -0.15) is 0 Å². The predicted molar refractivity (Wildman–Crippen MR) is 19.2 cm³/mol. The van der Waals surface area contributed by atoms with Gasteiger partial charge in [0.05, 0.1) is 0 Å². The molecule has 0 bridgehead atoms. The third kappa shape index (κ3) is 3.41.